The van der Waals surface area contributed by atoms with Gasteiger partial charge >= 0.3 is 0 Å². The van der Waals surface area contributed by atoms with Crippen LogP contribution in [0.4, 0.5) is 5.82 Å². The molecule has 0 bridgehead atoms. The molecule has 0 aromatic carbocycles. The molecule has 0 spiro atoms. The fourth-order valence-corrected chi connectivity index (χ4v) is 2.26. The van der Waals surface area contributed by atoms with Crippen molar-refractivity contribution in [2.45, 2.75) is 13.8 Å². The second-order valence-corrected chi connectivity index (χ2v) is 5.44. The molecule has 3 aromatic heterocycles. The normalized spacial score (nSPS) is 10.5. The predicted octanol–water partition coefficient (Wildman–Crippen LogP) is 1.52. The summed E-state index contributed by atoms with van der Waals surface area (Å²) < 4.78 is 1.91. The number of imidazole rings is 1. The second kappa shape index (κ2) is 7.52. The van der Waals surface area contributed by atoms with Gasteiger partial charge in [-0.15, -0.1) is 0 Å². The zero-order valence-electron chi connectivity index (χ0n) is 14.1. The van der Waals surface area contributed by atoms with Crippen molar-refractivity contribution in [1.82, 2.24) is 29.8 Å². The van der Waals surface area contributed by atoms with Crippen LogP contribution in [-0.2, 0) is 0 Å². The van der Waals surface area contributed by atoms with Crippen LogP contribution in [0.15, 0.2) is 43.1 Å². The monoisotopic (exact) mass is 337 g/mol. The molecule has 0 fully saturated rings. The van der Waals surface area contributed by atoms with Crippen molar-refractivity contribution in [3.05, 3.63) is 60.2 Å². The second-order valence-electron chi connectivity index (χ2n) is 5.44. The molecule has 0 atom stereocenters. The van der Waals surface area contributed by atoms with Crippen LogP contribution in [0.5, 0.6) is 0 Å². The lowest BCUT2D eigenvalue weighted by Crippen LogP contribution is -2.29. The van der Waals surface area contributed by atoms with E-state index in [4.69, 9.17) is 0 Å². The Morgan fingerprint density at radius 2 is 2.00 bits per heavy atom. The number of hydrogen-bond acceptors (Lipinski definition) is 6. The maximum Gasteiger partial charge on any atom is 0.269 e. The summed E-state index contributed by atoms with van der Waals surface area (Å²) in [6.07, 6.45) is 4.83. The van der Waals surface area contributed by atoms with E-state index in [1.54, 1.807) is 30.7 Å². The molecular formula is C17H19N7O. The Morgan fingerprint density at radius 3 is 2.72 bits per heavy atom. The predicted molar refractivity (Wildman–Crippen MR) is 93.7 cm³/mol. The maximum absolute atomic E-state index is 11.9. The minimum absolute atomic E-state index is 0.199. The third-order valence-electron chi connectivity index (χ3n) is 3.77. The Bertz CT molecular complexity index is 860. The first-order valence-electron chi connectivity index (χ1n) is 7.91. The summed E-state index contributed by atoms with van der Waals surface area (Å²) >= 11 is 0. The molecular weight excluding hydrogens is 318 g/mol. The summed E-state index contributed by atoms with van der Waals surface area (Å²) in [6.45, 7) is 4.94. The van der Waals surface area contributed by atoms with Crippen molar-refractivity contribution in [3.63, 3.8) is 0 Å². The topological polar surface area (TPSA) is 97.6 Å². The van der Waals surface area contributed by atoms with Gasteiger partial charge < -0.3 is 10.6 Å². The first kappa shape index (κ1) is 16.6. The van der Waals surface area contributed by atoms with Crippen molar-refractivity contribution >= 4 is 11.7 Å². The quantitative estimate of drug-likeness (QED) is 0.662. The van der Waals surface area contributed by atoms with Crippen molar-refractivity contribution in [3.8, 4) is 5.82 Å². The molecule has 0 aliphatic carbocycles. The lowest BCUT2D eigenvalue weighted by Gasteiger charge is -2.09. The van der Waals surface area contributed by atoms with Crippen LogP contribution in [0.25, 0.3) is 5.82 Å². The number of aromatic nitrogens is 5. The first-order valence-corrected chi connectivity index (χ1v) is 7.91. The number of carbonyl (C=O) groups is 1. The van der Waals surface area contributed by atoms with Crippen LogP contribution in [-0.4, -0.2) is 43.5 Å². The van der Waals surface area contributed by atoms with Crippen molar-refractivity contribution in [2.75, 3.05) is 18.4 Å². The van der Waals surface area contributed by atoms with Crippen LogP contribution >= 0.6 is 0 Å². The zero-order chi connectivity index (χ0) is 17.6. The molecule has 0 saturated carbocycles. The Balaban J connectivity index is 1.55. The summed E-state index contributed by atoms with van der Waals surface area (Å²) in [5.74, 6) is 1.23. The van der Waals surface area contributed by atoms with Crippen LogP contribution in [0.3, 0.4) is 0 Å². The van der Waals surface area contributed by atoms with E-state index < -0.39 is 0 Å². The molecule has 3 heterocycles. The number of rotatable bonds is 6. The van der Waals surface area contributed by atoms with Gasteiger partial charge in [0.1, 0.15) is 30.0 Å². The molecule has 8 nitrogen and oxygen atoms in total. The molecule has 0 unspecified atom stereocenters. The molecule has 0 aliphatic rings. The van der Waals surface area contributed by atoms with Crippen LogP contribution in [0.2, 0.25) is 0 Å². The lowest BCUT2D eigenvalue weighted by atomic mass is 10.3. The van der Waals surface area contributed by atoms with E-state index in [0.29, 0.717) is 24.6 Å². The van der Waals surface area contributed by atoms with Crippen molar-refractivity contribution < 1.29 is 4.79 Å². The Hall–Kier alpha value is -3.29. The van der Waals surface area contributed by atoms with E-state index in [0.717, 1.165) is 17.2 Å². The van der Waals surface area contributed by atoms with Crippen LogP contribution < -0.4 is 10.6 Å². The van der Waals surface area contributed by atoms with Crippen molar-refractivity contribution in [2.24, 2.45) is 0 Å². The number of hydrogen-bond donors (Lipinski definition) is 2. The Kier molecular flexibility index (Phi) is 4.98. The van der Waals surface area contributed by atoms with Crippen LogP contribution in [0.1, 0.15) is 21.9 Å². The molecule has 0 aliphatic heterocycles. The molecule has 2 N–H and O–H groups in total. The van der Waals surface area contributed by atoms with Gasteiger partial charge in [0, 0.05) is 31.0 Å². The number of nitrogens with zero attached hydrogens (tertiary/aromatic N) is 5. The number of amides is 1. The van der Waals surface area contributed by atoms with E-state index in [-0.39, 0.29) is 5.91 Å². The van der Waals surface area contributed by atoms with Gasteiger partial charge in [0.25, 0.3) is 5.91 Å². The molecule has 128 valence electrons. The summed E-state index contributed by atoms with van der Waals surface area (Å²) in [4.78, 5) is 28.7. The molecule has 1 amide bonds. The Labute approximate surface area is 145 Å². The highest BCUT2D eigenvalue weighted by Crippen LogP contribution is 2.13. The minimum atomic E-state index is -0.199. The summed E-state index contributed by atoms with van der Waals surface area (Å²) in [5, 5.41) is 5.97. The minimum Gasteiger partial charge on any atom is -0.368 e. The number of nitrogens with one attached hydrogen (secondary N) is 2. The highest BCUT2D eigenvalue weighted by Gasteiger charge is 2.07. The number of carbonyl (C=O) groups excluding carboxylic acids is 1. The molecule has 25 heavy (non-hydrogen) atoms. The summed E-state index contributed by atoms with van der Waals surface area (Å²) in [5.41, 5.74) is 2.40. The zero-order valence-corrected chi connectivity index (χ0v) is 14.1. The third kappa shape index (κ3) is 3.97. The standard InChI is InChI=1S/C17H19N7O/c1-12-13(2)24(11-23-12)16-9-15(21-10-22-16)19-7-8-20-17(25)14-5-3-4-6-18-14/h3-6,9-11H,7-8H2,1-2H3,(H,20,25)(H,19,21,22). The van der Waals surface area contributed by atoms with Gasteiger partial charge in [-0.2, -0.15) is 0 Å². The number of pyridine rings is 1. The van der Waals surface area contributed by atoms with Gasteiger partial charge in [-0.05, 0) is 26.0 Å². The summed E-state index contributed by atoms with van der Waals surface area (Å²) in [7, 11) is 0. The highest BCUT2D eigenvalue weighted by molar-refractivity contribution is 5.92. The van der Waals surface area contributed by atoms with E-state index in [9.17, 15) is 4.79 Å². The third-order valence-corrected chi connectivity index (χ3v) is 3.77. The molecule has 3 rings (SSSR count). The van der Waals surface area contributed by atoms with Crippen molar-refractivity contribution in [1.29, 1.82) is 0 Å². The largest absolute Gasteiger partial charge is 0.368 e. The highest BCUT2D eigenvalue weighted by atomic mass is 16.1. The van der Waals surface area contributed by atoms with Gasteiger partial charge in [-0.3, -0.25) is 14.3 Å². The SMILES string of the molecule is Cc1ncn(-c2cc(NCCNC(=O)c3ccccn3)ncn2)c1C. The smallest absolute Gasteiger partial charge is 0.269 e. The molecule has 3 aromatic rings. The van der Waals surface area contributed by atoms with Gasteiger partial charge in [0.05, 0.1) is 5.69 Å². The molecule has 0 saturated heterocycles. The van der Waals surface area contributed by atoms with Gasteiger partial charge in [0.15, 0.2) is 0 Å². The average molecular weight is 337 g/mol. The average Bonchev–Trinajstić information content (AvgIpc) is 2.98. The van der Waals surface area contributed by atoms with E-state index in [1.165, 1.54) is 6.33 Å². The molecule has 8 heteroatoms. The first-order chi connectivity index (χ1) is 12.1. The lowest BCUT2D eigenvalue weighted by molar-refractivity contribution is 0.0950. The van der Waals surface area contributed by atoms with Gasteiger partial charge in [-0.1, -0.05) is 6.07 Å². The van der Waals surface area contributed by atoms with E-state index in [1.807, 2.05) is 24.5 Å². The fourth-order valence-electron chi connectivity index (χ4n) is 2.26. The van der Waals surface area contributed by atoms with E-state index in [2.05, 4.69) is 30.6 Å². The maximum atomic E-state index is 11.9. The van der Waals surface area contributed by atoms with E-state index >= 15 is 0 Å². The Morgan fingerprint density at radius 1 is 1.12 bits per heavy atom. The fraction of sp³-hybridized carbons (Fsp3) is 0.235. The van der Waals surface area contributed by atoms with Crippen LogP contribution in [0, 0.1) is 13.8 Å². The van der Waals surface area contributed by atoms with Gasteiger partial charge in [-0.25, -0.2) is 15.0 Å². The summed E-state index contributed by atoms with van der Waals surface area (Å²) in [6, 6.07) is 7.07. The molecule has 0 radical (unpaired) electrons. The van der Waals surface area contributed by atoms with Gasteiger partial charge in [0.2, 0.25) is 0 Å². The number of aryl methyl sites for hydroxylation is 1. The number of anilines is 1.